The van der Waals surface area contributed by atoms with Crippen molar-refractivity contribution in [3.63, 3.8) is 0 Å². The molecule has 0 N–H and O–H groups in total. The van der Waals surface area contributed by atoms with Crippen molar-refractivity contribution in [2.45, 2.75) is 6.92 Å². The smallest absolute Gasteiger partial charge is 0.322 e. The summed E-state index contributed by atoms with van der Waals surface area (Å²) in [6.07, 6.45) is 0. The Morgan fingerprint density at radius 3 is 2.31 bits per heavy atom. The van der Waals surface area contributed by atoms with E-state index in [4.69, 9.17) is 27.9 Å². The zero-order chi connectivity index (χ0) is 9.84. The van der Waals surface area contributed by atoms with Gasteiger partial charge in [0.25, 0.3) is 0 Å². The van der Waals surface area contributed by atoms with Gasteiger partial charge < -0.3 is 4.74 Å². The first kappa shape index (κ1) is 10.2. The van der Waals surface area contributed by atoms with Crippen LogP contribution in [0.3, 0.4) is 0 Å². The van der Waals surface area contributed by atoms with Gasteiger partial charge in [-0.2, -0.15) is 15.0 Å². The number of aromatic nitrogens is 3. The summed E-state index contributed by atoms with van der Waals surface area (Å²) in [6, 6.07) is 0.105. The number of hydrogen-bond donors (Lipinski definition) is 0. The minimum absolute atomic E-state index is 0.0108. The van der Waals surface area contributed by atoms with Crippen LogP contribution in [0.5, 0.6) is 6.01 Å². The third-order valence-electron chi connectivity index (χ3n) is 1.01. The Balaban J connectivity index is 2.71. The summed E-state index contributed by atoms with van der Waals surface area (Å²) in [6.45, 7) is 5.81. The summed E-state index contributed by atoms with van der Waals surface area (Å²) in [4.78, 5) is 11.0. The lowest BCUT2D eigenvalue weighted by atomic mass is 10.4. The molecule has 0 amide bonds. The molecule has 0 bridgehead atoms. The van der Waals surface area contributed by atoms with Gasteiger partial charge >= 0.3 is 6.01 Å². The van der Waals surface area contributed by atoms with Gasteiger partial charge in [-0.15, -0.1) is 0 Å². The molecule has 0 aliphatic carbocycles. The summed E-state index contributed by atoms with van der Waals surface area (Å²) < 4.78 is 5.10. The third kappa shape index (κ3) is 3.57. The molecule has 1 heterocycles. The molecule has 13 heavy (non-hydrogen) atoms. The van der Waals surface area contributed by atoms with Crippen LogP contribution in [0.15, 0.2) is 12.2 Å². The normalized spacial score (nSPS) is 9.77. The molecule has 0 aliphatic heterocycles. The molecule has 70 valence electrons. The van der Waals surface area contributed by atoms with E-state index in [9.17, 15) is 0 Å². The van der Waals surface area contributed by atoms with Crippen LogP contribution >= 0.6 is 23.2 Å². The van der Waals surface area contributed by atoms with Crippen molar-refractivity contribution in [2.24, 2.45) is 0 Å². The minimum Gasteiger partial charge on any atom is -0.459 e. The summed E-state index contributed by atoms with van der Waals surface area (Å²) in [5.74, 6) is 0. The summed E-state index contributed by atoms with van der Waals surface area (Å²) in [5, 5.41) is 0.0217. The summed E-state index contributed by atoms with van der Waals surface area (Å²) in [7, 11) is 0. The van der Waals surface area contributed by atoms with Gasteiger partial charge in [-0.05, 0) is 35.7 Å². The van der Waals surface area contributed by atoms with Crippen molar-refractivity contribution < 1.29 is 4.74 Å². The predicted octanol–water partition coefficient (Wildman–Crippen LogP) is 2.13. The van der Waals surface area contributed by atoms with Gasteiger partial charge in [-0.3, -0.25) is 0 Å². The molecule has 0 unspecified atom stereocenters. The molecule has 6 heteroatoms. The molecule has 0 aliphatic rings. The largest absolute Gasteiger partial charge is 0.459 e. The quantitative estimate of drug-likeness (QED) is 0.732. The fraction of sp³-hybridized carbons (Fsp3) is 0.286. The highest BCUT2D eigenvalue weighted by Crippen LogP contribution is 2.11. The van der Waals surface area contributed by atoms with Crippen LogP contribution in [0.1, 0.15) is 6.92 Å². The molecule has 1 aromatic rings. The maximum absolute atomic E-state index is 5.52. The van der Waals surface area contributed by atoms with Crippen LogP contribution < -0.4 is 4.74 Å². The second-order valence-electron chi connectivity index (χ2n) is 2.40. The van der Waals surface area contributed by atoms with E-state index in [2.05, 4.69) is 21.5 Å². The van der Waals surface area contributed by atoms with Crippen molar-refractivity contribution in [3.8, 4) is 6.01 Å². The van der Waals surface area contributed by atoms with Crippen LogP contribution in [0, 0.1) is 0 Å². The third-order valence-corrected chi connectivity index (χ3v) is 1.35. The monoisotopic (exact) mass is 219 g/mol. The Hall–Kier alpha value is -0.870. The molecule has 0 saturated carbocycles. The van der Waals surface area contributed by atoms with E-state index in [1.54, 1.807) is 0 Å². The lowest BCUT2D eigenvalue weighted by Crippen LogP contribution is -2.02. The molecule has 1 rings (SSSR count). The van der Waals surface area contributed by atoms with E-state index in [0.29, 0.717) is 6.61 Å². The molecular formula is C7H7Cl2N3O. The molecular weight excluding hydrogens is 213 g/mol. The van der Waals surface area contributed by atoms with Gasteiger partial charge in [0.05, 0.1) is 0 Å². The van der Waals surface area contributed by atoms with E-state index in [-0.39, 0.29) is 16.6 Å². The van der Waals surface area contributed by atoms with Crippen LogP contribution in [-0.2, 0) is 0 Å². The van der Waals surface area contributed by atoms with Crippen LogP contribution in [-0.4, -0.2) is 21.6 Å². The van der Waals surface area contributed by atoms with Crippen LogP contribution in [0.25, 0.3) is 0 Å². The van der Waals surface area contributed by atoms with E-state index in [1.807, 2.05) is 6.92 Å². The van der Waals surface area contributed by atoms with E-state index >= 15 is 0 Å². The molecule has 4 nitrogen and oxygen atoms in total. The zero-order valence-electron chi connectivity index (χ0n) is 6.92. The Kier molecular flexibility index (Phi) is 3.45. The van der Waals surface area contributed by atoms with Gasteiger partial charge in [-0.1, -0.05) is 6.58 Å². The van der Waals surface area contributed by atoms with Gasteiger partial charge in [0, 0.05) is 0 Å². The number of halogens is 2. The van der Waals surface area contributed by atoms with E-state index in [1.165, 1.54) is 0 Å². The van der Waals surface area contributed by atoms with Crippen molar-refractivity contribution in [2.75, 3.05) is 6.61 Å². The first-order valence-electron chi connectivity index (χ1n) is 3.42. The summed E-state index contributed by atoms with van der Waals surface area (Å²) >= 11 is 11.0. The van der Waals surface area contributed by atoms with Crippen molar-refractivity contribution in [1.29, 1.82) is 0 Å². The molecule has 0 spiro atoms. The number of ether oxygens (including phenoxy) is 1. The highest BCUT2D eigenvalue weighted by Gasteiger charge is 2.03. The first-order valence-corrected chi connectivity index (χ1v) is 4.18. The molecule has 0 aromatic carbocycles. The van der Waals surface area contributed by atoms with Gasteiger partial charge in [0.1, 0.15) is 6.61 Å². The Morgan fingerprint density at radius 1 is 1.31 bits per heavy atom. The average Bonchev–Trinajstić information content (AvgIpc) is 1.99. The second kappa shape index (κ2) is 4.39. The second-order valence-corrected chi connectivity index (χ2v) is 3.08. The Bertz CT molecular complexity index is 309. The summed E-state index contributed by atoms with van der Waals surface area (Å²) in [5.41, 5.74) is 0.854. The fourth-order valence-corrected chi connectivity index (χ4v) is 0.909. The zero-order valence-corrected chi connectivity index (χ0v) is 8.43. The lowest BCUT2D eigenvalue weighted by molar-refractivity contribution is 0.322. The Labute approximate surface area is 85.6 Å². The molecule has 0 radical (unpaired) electrons. The van der Waals surface area contributed by atoms with E-state index in [0.717, 1.165) is 5.57 Å². The van der Waals surface area contributed by atoms with Crippen molar-refractivity contribution >= 4 is 23.2 Å². The Morgan fingerprint density at radius 2 is 1.85 bits per heavy atom. The van der Waals surface area contributed by atoms with Gasteiger partial charge in [-0.25, -0.2) is 0 Å². The van der Waals surface area contributed by atoms with Crippen LogP contribution in [0.4, 0.5) is 0 Å². The maximum atomic E-state index is 5.52. The molecule has 0 atom stereocenters. The maximum Gasteiger partial charge on any atom is 0.322 e. The number of nitrogens with zero attached hydrogens (tertiary/aromatic N) is 3. The predicted molar refractivity (Wildman–Crippen MR) is 50.2 cm³/mol. The number of hydrogen-bond acceptors (Lipinski definition) is 4. The fourth-order valence-electron chi connectivity index (χ4n) is 0.561. The SMILES string of the molecule is C=C(C)COc1nc(Cl)nc(Cl)n1. The molecule has 1 aromatic heterocycles. The molecule has 0 saturated heterocycles. The van der Waals surface area contributed by atoms with Crippen molar-refractivity contribution in [3.05, 3.63) is 22.7 Å². The first-order chi connectivity index (χ1) is 6.08. The minimum atomic E-state index is 0.0108. The van der Waals surface area contributed by atoms with Crippen molar-refractivity contribution in [1.82, 2.24) is 15.0 Å². The standard InChI is InChI=1S/C7H7Cl2N3O/c1-4(2)3-13-7-11-5(8)10-6(9)12-7/h1,3H2,2H3. The topological polar surface area (TPSA) is 47.9 Å². The number of rotatable bonds is 3. The lowest BCUT2D eigenvalue weighted by Gasteiger charge is -2.02. The van der Waals surface area contributed by atoms with E-state index < -0.39 is 0 Å². The highest BCUT2D eigenvalue weighted by molar-refractivity contribution is 6.31. The van der Waals surface area contributed by atoms with Gasteiger partial charge in [0.2, 0.25) is 10.6 Å². The average molecular weight is 220 g/mol. The molecule has 0 fully saturated rings. The highest BCUT2D eigenvalue weighted by atomic mass is 35.5. The van der Waals surface area contributed by atoms with Crippen LogP contribution in [0.2, 0.25) is 10.6 Å². The van der Waals surface area contributed by atoms with Gasteiger partial charge in [0.15, 0.2) is 0 Å².